The predicted molar refractivity (Wildman–Crippen MR) is 76.1 cm³/mol. The summed E-state index contributed by atoms with van der Waals surface area (Å²) in [7, 11) is -3.77. The number of nitrogens with one attached hydrogen (secondary N) is 1. The summed E-state index contributed by atoms with van der Waals surface area (Å²) in [6.45, 7) is 3.92. The van der Waals surface area contributed by atoms with Gasteiger partial charge in [-0.2, -0.15) is 0 Å². The number of hydrogen-bond donors (Lipinski definition) is 2. The fraction of sp³-hybridized carbons (Fsp3) is 0.538. The van der Waals surface area contributed by atoms with E-state index in [2.05, 4.69) is 4.72 Å². The summed E-state index contributed by atoms with van der Waals surface area (Å²) in [6.07, 6.45) is 0.391. The molecule has 7 heteroatoms. The van der Waals surface area contributed by atoms with Gasteiger partial charge in [0.15, 0.2) is 0 Å². The van der Waals surface area contributed by atoms with Gasteiger partial charge >= 0.3 is 0 Å². The van der Waals surface area contributed by atoms with Crippen LogP contribution in [0.5, 0.6) is 0 Å². The van der Waals surface area contributed by atoms with E-state index in [1.54, 1.807) is 6.07 Å². The first-order chi connectivity index (χ1) is 9.28. The molecule has 1 saturated heterocycles. The Hall–Kier alpha value is -0.660. The number of aliphatic hydroxyl groups is 1. The number of hydrogen-bond acceptors (Lipinski definition) is 4. The molecule has 112 valence electrons. The maximum Gasteiger partial charge on any atom is 0.242 e. The SMILES string of the molecule is CC1OCCC1(C)NS(=O)(=O)c1cc(CO)ccc1Cl. The fourth-order valence-corrected chi connectivity index (χ4v) is 4.23. The van der Waals surface area contributed by atoms with Crippen LogP contribution >= 0.6 is 11.6 Å². The van der Waals surface area contributed by atoms with E-state index in [1.807, 2.05) is 13.8 Å². The molecule has 0 saturated carbocycles. The number of ether oxygens (including phenoxy) is 1. The van der Waals surface area contributed by atoms with E-state index < -0.39 is 15.6 Å². The van der Waals surface area contributed by atoms with Crippen molar-refractivity contribution in [2.75, 3.05) is 6.61 Å². The van der Waals surface area contributed by atoms with Gasteiger partial charge in [-0.25, -0.2) is 13.1 Å². The van der Waals surface area contributed by atoms with E-state index in [-0.39, 0.29) is 22.6 Å². The van der Waals surface area contributed by atoms with Gasteiger partial charge in [0.1, 0.15) is 4.90 Å². The molecule has 20 heavy (non-hydrogen) atoms. The lowest BCUT2D eigenvalue weighted by Crippen LogP contribution is -2.50. The van der Waals surface area contributed by atoms with Crippen LogP contribution in [0.4, 0.5) is 0 Å². The van der Waals surface area contributed by atoms with Crippen molar-refractivity contribution in [1.29, 1.82) is 0 Å². The lowest BCUT2D eigenvalue weighted by molar-refractivity contribution is 0.0957. The molecule has 0 amide bonds. The van der Waals surface area contributed by atoms with Gasteiger partial charge < -0.3 is 9.84 Å². The van der Waals surface area contributed by atoms with Crippen molar-refractivity contribution < 1.29 is 18.3 Å². The lowest BCUT2D eigenvalue weighted by Gasteiger charge is -2.28. The minimum atomic E-state index is -3.77. The Bertz CT molecular complexity index is 604. The Morgan fingerprint density at radius 1 is 1.55 bits per heavy atom. The van der Waals surface area contributed by atoms with Crippen molar-refractivity contribution in [2.24, 2.45) is 0 Å². The Labute approximate surface area is 124 Å². The Kier molecular flexibility index (Phi) is 4.41. The molecule has 2 unspecified atom stereocenters. The van der Waals surface area contributed by atoms with Crippen LogP contribution in [-0.4, -0.2) is 31.8 Å². The molecular weight excluding hydrogens is 302 g/mol. The third-order valence-corrected chi connectivity index (χ3v) is 5.82. The highest BCUT2D eigenvalue weighted by atomic mass is 35.5. The molecule has 2 rings (SSSR count). The van der Waals surface area contributed by atoms with Gasteiger partial charge in [0.2, 0.25) is 10.0 Å². The Balaban J connectivity index is 2.36. The molecule has 0 aromatic heterocycles. The standard InChI is InChI=1S/C13H18ClNO4S/c1-9-13(2,5-6-19-9)15-20(17,18)12-7-10(8-16)3-4-11(12)14/h3-4,7,9,15-16H,5-6,8H2,1-2H3. The molecule has 0 bridgehead atoms. The van der Waals surface area contributed by atoms with Crippen LogP contribution in [0.2, 0.25) is 5.02 Å². The molecular formula is C13H18ClNO4S. The van der Waals surface area contributed by atoms with Gasteiger partial charge in [-0.3, -0.25) is 0 Å². The number of aliphatic hydroxyl groups excluding tert-OH is 1. The molecule has 5 nitrogen and oxygen atoms in total. The van der Waals surface area contributed by atoms with Crippen LogP contribution in [-0.2, 0) is 21.4 Å². The smallest absolute Gasteiger partial charge is 0.242 e. The van der Waals surface area contributed by atoms with E-state index in [0.717, 1.165) is 0 Å². The first kappa shape index (κ1) is 15.7. The largest absolute Gasteiger partial charge is 0.392 e. The van der Waals surface area contributed by atoms with Gasteiger partial charge in [-0.05, 0) is 38.0 Å². The number of sulfonamides is 1. The molecule has 1 aliphatic rings. The van der Waals surface area contributed by atoms with Crippen LogP contribution in [0.25, 0.3) is 0 Å². The van der Waals surface area contributed by atoms with E-state index in [4.69, 9.17) is 21.4 Å². The summed E-state index contributed by atoms with van der Waals surface area (Å²) in [6, 6.07) is 4.44. The van der Waals surface area contributed by atoms with E-state index in [0.29, 0.717) is 18.6 Å². The summed E-state index contributed by atoms with van der Waals surface area (Å²) in [5.41, 5.74) is -0.159. The molecule has 1 aromatic carbocycles. The zero-order valence-electron chi connectivity index (χ0n) is 11.4. The fourth-order valence-electron chi connectivity index (χ4n) is 2.18. The van der Waals surface area contributed by atoms with E-state index in [9.17, 15) is 8.42 Å². The lowest BCUT2D eigenvalue weighted by atomic mass is 9.97. The molecule has 2 N–H and O–H groups in total. The van der Waals surface area contributed by atoms with E-state index >= 15 is 0 Å². The maximum absolute atomic E-state index is 12.5. The predicted octanol–water partition coefficient (Wildman–Crippen LogP) is 1.68. The van der Waals surface area contributed by atoms with Crippen molar-refractivity contribution in [2.45, 2.75) is 43.4 Å². The molecule has 1 fully saturated rings. The van der Waals surface area contributed by atoms with Crippen molar-refractivity contribution in [1.82, 2.24) is 4.72 Å². The summed E-state index contributed by atoms with van der Waals surface area (Å²) in [5, 5.41) is 9.25. The van der Waals surface area contributed by atoms with Crippen LogP contribution < -0.4 is 4.72 Å². The third-order valence-electron chi connectivity index (χ3n) is 3.72. The van der Waals surface area contributed by atoms with Crippen molar-refractivity contribution >= 4 is 21.6 Å². The Morgan fingerprint density at radius 3 is 2.80 bits per heavy atom. The average Bonchev–Trinajstić information content (AvgIpc) is 2.68. The number of halogens is 1. The van der Waals surface area contributed by atoms with Crippen LogP contribution in [0.1, 0.15) is 25.8 Å². The second kappa shape index (κ2) is 5.61. The normalized spacial score (nSPS) is 26.9. The second-order valence-corrected chi connectivity index (χ2v) is 7.27. The topological polar surface area (TPSA) is 75.6 Å². The zero-order valence-corrected chi connectivity index (χ0v) is 13.0. The first-order valence-corrected chi connectivity index (χ1v) is 8.19. The molecule has 0 aliphatic carbocycles. The summed E-state index contributed by atoms with van der Waals surface area (Å²) in [4.78, 5) is -0.0222. The molecule has 0 spiro atoms. The third kappa shape index (κ3) is 2.99. The highest BCUT2D eigenvalue weighted by Crippen LogP contribution is 2.29. The Morgan fingerprint density at radius 2 is 2.25 bits per heavy atom. The van der Waals surface area contributed by atoms with Crippen molar-refractivity contribution in [3.63, 3.8) is 0 Å². The maximum atomic E-state index is 12.5. The second-order valence-electron chi connectivity index (χ2n) is 5.21. The van der Waals surface area contributed by atoms with Crippen LogP contribution in [0.3, 0.4) is 0 Å². The molecule has 1 heterocycles. The van der Waals surface area contributed by atoms with Gasteiger partial charge in [0, 0.05) is 6.61 Å². The van der Waals surface area contributed by atoms with Gasteiger partial charge in [0.25, 0.3) is 0 Å². The highest BCUT2D eigenvalue weighted by Gasteiger charge is 2.41. The quantitative estimate of drug-likeness (QED) is 0.885. The van der Waals surface area contributed by atoms with E-state index in [1.165, 1.54) is 12.1 Å². The molecule has 2 atom stereocenters. The van der Waals surface area contributed by atoms with Crippen LogP contribution in [0.15, 0.2) is 23.1 Å². The van der Waals surface area contributed by atoms with Gasteiger partial charge in [-0.1, -0.05) is 17.7 Å². The summed E-state index contributed by atoms with van der Waals surface area (Å²) in [5.74, 6) is 0. The van der Waals surface area contributed by atoms with Crippen molar-refractivity contribution in [3.8, 4) is 0 Å². The molecule has 1 aromatic rings. The number of benzene rings is 1. The summed E-state index contributed by atoms with van der Waals surface area (Å²) < 4.78 is 33.1. The average molecular weight is 320 g/mol. The highest BCUT2D eigenvalue weighted by molar-refractivity contribution is 7.89. The van der Waals surface area contributed by atoms with Gasteiger partial charge in [0.05, 0.1) is 23.3 Å². The van der Waals surface area contributed by atoms with Crippen molar-refractivity contribution in [3.05, 3.63) is 28.8 Å². The monoisotopic (exact) mass is 319 g/mol. The van der Waals surface area contributed by atoms with Crippen LogP contribution in [0, 0.1) is 0 Å². The first-order valence-electron chi connectivity index (χ1n) is 6.33. The minimum Gasteiger partial charge on any atom is -0.392 e. The molecule has 0 radical (unpaired) electrons. The minimum absolute atomic E-state index is 0.0222. The summed E-state index contributed by atoms with van der Waals surface area (Å²) >= 11 is 5.97. The zero-order chi connectivity index (χ0) is 15.0. The molecule has 1 aliphatic heterocycles. The number of rotatable bonds is 4. The van der Waals surface area contributed by atoms with Gasteiger partial charge in [-0.15, -0.1) is 0 Å².